The lowest BCUT2D eigenvalue weighted by Gasteiger charge is -2.34. The highest BCUT2D eigenvalue weighted by atomic mass is 16.3. The van der Waals surface area contributed by atoms with E-state index in [1.165, 1.54) is 55.6 Å². The van der Waals surface area contributed by atoms with E-state index >= 15 is 0 Å². The summed E-state index contributed by atoms with van der Waals surface area (Å²) in [7, 11) is 0. The summed E-state index contributed by atoms with van der Waals surface area (Å²) in [6, 6.07) is 61.9. The normalized spacial score (nSPS) is 13.8. The van der Waals surface area contributed by atoms with Gasteiger partial charge in [-0.05, 0) is 115 Å². The van der Waals surface area contributed by atoms with Crippen LogP contribution in [0.15, 0.2) is 179 Å². The zero-order valence-electron chi connectivity index (χ0n) is 35.9. The van der Waals surface area contributed by atoms with E-state index in [1.54, 1.807) is 0 Å². The zero-order chi connectivity index (χ0) is 42.1. The van der Waals surface area contributed by atoms with Crippen LogP contribution in [0.4, 0.5) is 17.1 Å². The van der Waals surface area contributed by atoms with Crippen molar-refractivity contribution in [2.75, 3.05) is 4.90 Å². The Balaban J connectivity index is 1.15. The van der Waals surface area contributed by atoms with Crippen LogP contribution < -0.4 is 4.90 Å². The number of fused-ring (bicyclic) bond motifs is 14. The summed E-state index contributed by atoms with van der Waals surface area (Å²) in [5.74, 6) is 0.601. The topological polar surface area (TPSA) is 42.4 Å². The van der Waals surface area contributed by atoms with Crippen molar-refractivity contribution in [3.63, 3.8) is 0 Å². The molecule has 2 aliphatic carbocycles. The van der Waals surface area contributed by atoms with Crippen LogP contribution >= 0.6 is 0 Å². The number of aromatic nitrogens is 1. The number of oxazole rings is 1. The van der Waals surface area contributed by atoms with Crippen molar-refractivity contribution in [2.45, 2.75) is 57.8 Å². The smallest absolute Gasteiger partial charge is 0.227 e. The zero-order valence-corrected chi connectivity index (χ0v) is 35.9. The third-order valence-corrected chi connectivity index (χ3v) is 13.4. The Hall–Kier alpha value is -7.17. The first-order valence-electron chi connectivity index (χ1n) is 21.7. The van der Waals surface area contributed by atoms with E-state index in [0.717, 1.165) is 55.7 Å². The van der Waals surface area contributed by atoms with Gasteiger partial charge in [-0.25, -0.2) is 4.98 Å². The molecule has 0 amide bonds. The minimum atomic E-state index is -0.550. The Morgan fingerprint density at radius 3 is 1.76 bits per heavy atom. The Bertz CT molecular complexity index is 3380. The SMILES string of the molecule is CC(C)(C)c1ccc2c(c1)C1(c3ccccc3-c3ccc(N(c4ccc5nc(-c6ccccc6)oc5c4)c4cccc5c4oc4ccccc45)cc31)c1cc(C(C)(C)C)ccc1-2. The summed E-state index contributed by atoms with van der Waals surface area (Å²) in [5, 5.41) is 2.16. The highest BCUT2D eigenvalue weighted by Gasteiger charge is 2.52. The van der Waals surface area contributed by atoms with Crippen molar-refractivity contribution in [2.24, 2.45) is 0 Å². The second kappa shape index (κ2) is 12.9. The molecule has 10 aromatic rings. The number of hydrogen-bond acceptors (Lipinski definition) is 4. The minimum absolute atomic E-state index is 0.0356. The fourth-order valence-corrected chi connectivity index (χ4v) is 10.3. The van der Waals surface area contributed by atoms with Gasteiger partial charge in [0, 0.05) is 28.1 Å². The van der Waals surface area contributed by atoms with Gasteiger partial charge in [-0.15, -0.1) is 0 Å². The van der Waals surface area contributed by atoms with Crippen LogP contribution in [-0.4, -0.2) is 4.98 Å². The van der Waals surface area contributed by atoms with E-state index in [2.05, 4.69) is 180 Å². The summed E-state index contributed by atoms with van der Waals surface area (Å²) in [4.78, 5) is 7.26. The second-order valence-electron chi connectivity index (χ2n) is 19.2. The molecule has 0 atom stereocenters. The van der Waals surface area contributed by atoms with Crippen LogP contribution in [-0.2, 0) is 16.2 Å². The van der Waals surface area contributed by atoms with Crippen molar-refractivity contribution < 1.29 is 8.83 Å². The molecule has 0 fully saturated rings. The quantitative estimate of drug-likeness (QED) is 0.178. The maximum Gasteiger partial charge on any atom is 0.227 e. The maximum absolute atomic E-state index is 6.80. The highest BCUT2D eigenvalue weighted by Crippen LogP contribution is 2.64. The van der Waals surface area contributed by atoms with E-state index < -0.39 is 5.41 Å². The van der Waals surface area contributed by atoms with Crippen LogP contribution in [0.2, 0.25) is 0 Å². The number of anilines is 3. The van der Waals surface area contributed by atoms with Crippen LogP contribution in [0.5, 0.6) is 0 Å². The summed E-state index contributed by atoms with van der Waals surface area (Å²) in [6.07, 6.45) is 0. The van der Waals surface area contributed by atoms with Crippen molar-refractivity contribution in [3.05, 3.63) is 203 Å². The van der Waals surface area contributed by atoms with E-state index in [0.29, 0.717) is 5.89 Å². The molecule has 300 valence electrons. The molecule has 4 heteroatoms. The summed E-state index contributed by atoms with van der Waals surface area (Å²) < 4.78 is 13.3. The largest absolute Gasteiger partial charge is 0.454 e. The molecule has 0 saturated heterocycles. The van der Waals surface area contributed by atoms with Gasteiger partial charge in [0.15, 0.2) is 11.2 Å². The molecule has 2 aromatic heterocycles. The van der Waals surface area contributed by atoms with E-state index in [4.69, 9.17) is 13.8 Å². The third kappa shape index (κ3) is 5.22. The lowest BCUT2D eigenvalue weighted by atomic mass is 9.68. The molecule has 8 aromatic carbocycles. The lowest BCUT2D eigenvalue weighted by molar-refractivity contribution is 0.586. The van der Waals surface area contributed by atoms with Crippen molar-refractivity contribution in [3.8, 4) is 33.7 Å². The molecule has 0 radical (unpaired) electrons. The average Bonchev–Trinajstić information content (AvgIpc) is 4.03. The molecule has 62 heavy (non-hydrogen) atoms. The Labute approximate surface area is 362 Å². The van der Waals surface area contributed by atoms with Gasteiger partial charge in [0.1, 0.15) is 11.1 Å². The highest BCUT2D eigenvalue weighted by molar-refractivity contribution is 6.10. The number of benzene rings is 8. The molecular weight excluding hydrogens is 757 g/mol. The first-order chi connectivity index (χ1) is 30.0. The van der Waals surface area contributed by atoms with Gasteiger partial charge in [0.25, 0.3) is 0 Å². The number of nitrogens with zero attached hydrogens (tertiary/aromatic N) is 2. The van der Waals surface area contributed by atoms with E-state index in [1.807, 2.05) is 36.4 Å². The predicted octanol–water partition coefficient (Wildman–Crippen LogP) is 15.8. The van der Waals surface area contributed by atoms with Crippen LogP contribution in [0.3, 0.4) is 0 Å². The fourth-order valence-electron chi connectivity index (χ4n) is 10.3. The van der Waals surface area contributed by atoms with Gasteiger partial charge in [-0.3, -0.25) is 0 Å². The molecule has 4 nitrogen and oxygen atoms in total. The van der Waals surface area contributed by atoms with E-state index in [-0.39, 0.29) is 10.8 Å². The average molecular weight is 803 g/mol. The Morgan fingerprint density at radius 2 is 1.03 bits per heavy atom. The van der Waals surface area contributed by atoms with Gasteiger partial charge in [-0.1, -0.05) is 157 Å². The van der Waals surface area contributed by atoms with E-state index in [9.17, 15) is 0 Å². The van der Waals surface area contributed by atoms with Gasteiger partial charge >= 0.3 is 0 Å². The summed E-state index contributed by atoms with van der Waals surface area (Å²) >= 11 is 0. The van der Waals surface area contributed by atoms with Gasteiger partial charge in [-0.2, -0.15) is 0 Å². The second-order valence-corrected chi connectivity index (χ2v) is 19.2. The molecule has 12 rings (SSSR count). The molecule has 0 aliphatic heterocycles. The molecule has 0 saturated carbocycles. The molecule has 1 spiro atoms. The minimum Gasteiger partial charge on any atom is -0.454 e. The first-order valence-corrected chi connectivity index (χ1v) is 21.7. The molecule has 2 aliphatic rings. The third-order valence-electron chi connectivity index (χ3n) is 13.4. The maximum atomic E-state index is 6.80. The van der Waals surface area contributed by atoms with Crippen molar-refractivity contribution in [1.29, 1.82) is 0 Å². The van der Waals surface area contributed by atoms with Gasteiger partial charge in [0.2, 0.25) is 5.89 Å². The fraction of sp³-hybridized carbons (Fsp3) is 0.155. The van der Waals surface area contributed by atoms with Crippen molar-refractivity contribution >= 4 is 50.1 Å². The first kappa shape index (κ1) is 36.7. The molecular formula is C58H46N2O2. The number of hydrogen-bond donors (Lipinski definition) is 0. The van der Waals surface area contributed by atoms with Crippen LogP contribution in [0, 0.1) is 0 Å². The number of furan rings is 1. The number of para-hydroxylation sites is 2. The standard InChI is InChI=1S/C58H46N2O2/c1-56(2,3)36-23-27-41-42-28-24-37(57(4,5)6)32-48(42)58(47(41)31-36)46-20-12-10-17-40(46)43-29-25-38(33-49(43)58)60(51-21-14-19-45-44-18-11-13-22-52(44)61-54(45)51)39-26-30-50-53(34-39)62-55(59-50)35-15-8-7-9-16-35/h7-34H,1-6H3. The monoisotopic (exact) mass is 802 g/mol. The van der Waals surface area contributed by atoms with Crippen LogP contribution in [0.25, 0.3) is 66.7 Å². The Kier molecular flexibility index (Phi) is 7.64. The van der Waals surface area contributed by atoms with Crippen LogP contribution in [0.1, 0.15) is 74.9 Å². The van der Waals surface area contributed by atoms with Gasteiger partial charge in [0.05, 0.1) is 16.8 Å². The predicted molar refractivity (Wildman–Crippen MR) is 255 cm³/mol. The Morgan fingerprint density at radius 1 is 0.452 bits per heavy atom. The molecule has 0 bridgehead atoms. The number of rotatable bonds is 4. The summed E-state index contributed by atoms with van der Waals surface area (Å²) in [5.41, 5.74) is 19.5. The van der Waals surface area contributed by atoms with Gasteiger partial charge < -0.3 is 13.7 Å². The van der Waals surface area contributed by atoms with Crippen molar-refractivity contribution in [1.82, 2.24) is 4.98 Å². The molecule has 0 unspecified atom stereocenters. The molecule has 0 N–H and O–H groups in total. The lowest BCUT2D eigenvalue weighted by Crippen LogP contribution is -2.27. The molecule has 2 heterocycles. The summed E-state index contributed by atoms with van der Waals surface area (Å²) in [6.45, 7) is 13.9.